The predicted molar refractivity (Wildman–Crippen MR) is 56.2 cm³/mol. The van der Waals surface area contributed by atoms with E-state index in [1.165, 1.54) is 24.4 Å². The van der Waals surface area contributed by atoms with Gasteiger partial charge in [0.15, 0.2) is 0 Å². The smallest absolute Gasteiger partial charge is 0.288 e. The molecule has 1 aromatic carbocycles. The summed E-state index contributed by atoms with van der Waals surface area (Å²) in [4.78, 5) is 13.7. The first kappa shape index (κ1) is 10.7. The highest BCUT2D eigenvalue weighted by Crippen LogP contribution is 2.21. The van der Waals surface area contributed by atoms with Crippen molar-refractivity contribution in [3.05, 3.63) is 33.9 Å². The van der Waals surface area contributed by atoms with E-state index < -0.39 is 4.92 Å². The number of aromatic amines is 1. The zero-order valence-corrected chi connectivity index (χ0v) is 8.31. The Balaban J connectivity index is 2.31. The lowest BCUT2D eigenvalue weighted by Gasteiger charge is -1.97. The lowest BCUT2D eigenvalue weighted by atomic mass is 10.2. The summed E-state index contributed by atoms with van der Waals surface area (Å²) in [5.41, 5.74) is 0.0568. The molecule has 86 valence electrons. The molecule has 0 unspecified atom stereocenters. The molecule has 0 bridgehead atoms. The molecule has 0 aliphatic heterocycles. The average Bonchev–Trinajstić information content (AvgIpc) is 2.80. The maximum absolute atomic E-state index is 10.5. The number of nitro groups is 1. The zero-order chi connectivity index (χ0) is 12.3. The number of hydrogen-bond donors (Lipinski definition) is 2. The molecule has 0 amide bonds. The first-order chi connectivity index (χ1) is 8.16. The number of aromatic nitrogens is 4. The minimum atomic E-state index is -0.564. The normalized spacial score (nSPS) is 10.8. The highest BCUT2D eigenvalue weighted by Gasteiger charge is 2.08. The Morgan fingerprint density at radius 1 is 1.53 bits per heavy atom. The van der Waals surface area contributed by atoms with Gasteiger partial charge >= 0.3 is 0 Å². The van der Waals surface area contributed by atoms with Gasteiger partial charge in [0, 0.05) is 23.9 Å². The molecule has 0 saturated heterocycles. The van der Waals surface area contributed by atoms with Crippen LogP contribution in [0, 0.1) is 10.1 Å². The summed E-state index contributed by atoms with van der Waals surface area (Å²) in [5.74, 6) is -0.0567. The Kier molecular flexibility index (Phi) is 2.73. The van der Waals surface area contributed by atoms with Crippen LogP contribution in [-0.4, -0.2) is 36.9 Å². The van der Waals surface area contributed by atoms with Crippen LogP contribution in [0.3, 0.4) is 0 Å². The number of non-ortho nitro benzene ring substituents is 1. The number of aromatic hydroxyl groups is 1. The molecule has 0 aliphatic carbocycles. The van der Waals surface area contributed by atoms with Crippen molar-refractivity contribution in [3.63, 3.8) is 0 Å². The number of phenols is 1. The van der Waals surface area contributed by atoms with Crippen molar-refractivity contribution in [1.29, 1.82) is 0 Å². The molecule has 2 aromatic rings. The van der Waals surface area contributed by atoms with E-state index in [0.717, 1.165) is 0 Å². The number of hydrogen-bond acceptors (Lipinski definition) is 7. The van der Waals surface area contributed by atoms with Gasteiger partial charge in [-0.05, 0) is 11.3 Å². The van der Waals surface area contributed by atoms with Crippen LogP contribution in [0.1, 0.15) is 5.56 Å². The highest BCUT2D eigenvalue weighted by molar-refractivity contribution is 5.85. The summed E-state index contributed by atoms with van der Waals surface area (Å²) >= 11 is 0. The molecule has 0 aliphatic rings. The van der Waals surface area contributed by atoms with E-state index in [-0.39, 0.29) is 22.9 Å². The molecular weight excluding hydrogens is 228 g/mol. The van der Waals surface area contributed by atoms with Crippen molar-refractivity contribution < 1.29 is 10.0 Å². The molecule has 0 radical (unpaired) electrons. The van der Waals surface area contributed by atoms with Crippen molar-refractivity contribution in [2.75, 3.05) is 0 Å². The van der Waals surface area contributed by atoms with Crippen LogP contribution in [0.2, 0.25) is 0 Å². The van der Waals surface area contributed by atoms with Gasteiger partial charge in [0.25, 0.3) is 11.6 Å². The van der Waals surface area contributed by atoms with Crippen LogP contribution in [0.25, 0.3) is 0 Å². The van der Waals surface area contributed by atoms with Gasteiger partial charge in [0.2, 0.25) is 0 Å². The summed E-state index contributed by atoms with van der Waals surface area (Å²) in [5, 5.41) is 32.6. The van der Waals surface area contributed by atoms with Gasteiger partial charge in [-0.3, -0.25) is 10.1 Å². The topological polar surface area (TPSA) is 130 Å². The number of benzene rings is 1. The molecule has 9 nitrogen and oxygen atoms in total. The second kappa shape index (κ2) is 4.35. The maximum Gasteiger partial charge on any atom is 0.288 e. The fourth-order valence-corrected chi connectivity index (χ4v) is 1.10. The Labute approximate surface area is 94.0 Å². The molecule has 1 aromatic heterocycles. The van der Waals surface area contributed by atoms with Crippen molar-refractivity contribution in [2.45, 2.75) is 0 Å². The predicted octanol–water partition coefficient (Wildman–Crippen LogP) is 0.564. The van der Waals surface area contributed by atoms with Gasteiger partial charge in [-0.25, -0.2) is 4.99 Å². The molecule has 0 fully saturated rings. The molecule has 17 heavy (non-hydrogen) atoms. The average molecular weight is 234 g/mol. The van der Waals surface area contributed by atoms with Gasteiger partial charge in [-0.2, -0.15) is 5.21 Å². The van der Waals surface area contributed by atoms with Crippen molar-refractivity contribution >= 4 is 17.9 Å². The van der Waals surface area contributed by atoms with E-state index in [0.29, 0.717) is 0 Å². The third-order valence-corrected chi connectivity index (χ3v) is 1.88. The van der Waals surface area contributed by atoms with Crippen LogP contribution in [-0.2, 0) is 0 Å². The summed E-state index contributed by atoms with van der Waals surface area (Å²) in [6.45, 7) is 0. The third kappa shape index (κ3) is 2.40. The quantitative estimate of drug-likeness (QED) is 0.453. The van der Waals surface area contributed by atoms with Gasteiger partial charge in [-0.15, -0.1) is 5.10 Å². The summed E-state index contributed by atoms with van der Waals surface area (Å²) in [6.07, 6.45) is 1.22. The summed E-state index contributed by atoms with van der Waals surface area (Å²) < 4.78 is 0. The van der Waals surface area contributed by atoms with Crippen LogP contribution < -0.4 is 0 Å². The molecule has 0 atom stereocenters. The fraction of sp³-hybridized carbons (Fsp3) is 0. The van der Waals surface area contributed by atoms with E-state index in [9.17, 15) is 15.2 Å². The molecule has 1 heterocycles. The molecule has 9 heteroatoms. The summed E-state index contributed by atoms with van der Waals surface area (Å²) in [6, 6.07) is 3.61. The number of nitrogens with one attached hydrogen (secondary N) is 1. The van der Waals surface area contributed by atoms with E-state index in [1.54, 1.807) is 0 Å². The second-order valence-corrected chi connectivity index (χ2v) is 2.97. The maximum atomic E-state index is 10.5. The molecular formula is C8H6N6O3. The zero-order valence-electron chi connectivity index (χ0n) is 8.31. The number of nitro benzene ring substituents is 1. The Morgan fingerprint density at radius 2 is 2.35 bits per heavy atom. The van der Waals surface area contributed by atoms with Crippen LogP contribution in [0.15, 0.2) is 23.2 Å². The first-order valence-corrected chi connectivity index (χ1v) is 4.42. The van der Waals surface area contributed by atoms with Crippen molar-refractivity contribution in [2.24, 2.45) is 4.99 Å². The van der Waals surface area contributed by atoms with Gasteiger partial charge < -0.3 is 5.11 Å². The lowest BCUT2D eigenvalue weighted by Crippen LogP contribution is -1.90. The Hall–Kier alpha value is -2.84. The van der Waals surface area contributed by atoms with E-state index >= 15 is 0 Å². The number of nitrogens with zero attached hydrogens (tertiary/aromatic N) is 5. The monoisotopic (exact) mass is 234 g/mol. The highest BCUT2D eigenvalue weighted by atomic mass is 16.6. The van der Waals surface area contributed by atoms with Gasteiger partial charge in [0.1, 0.15) is 5.75 Å². The summed E-state index contributed by atoms with van der Waals surface area (Å²) in [7, 11) is 0. The Morgan fingerprint density at radius 3 is 3.00 bits per heavy atom. The molecule has 2 N–H and O–H groups in total. The third-order valence-electron chi connectivity index (χ3n) is 1.88. The van der Waals surface area contributed by atoms with E-state index in [4.69, 9.17) is 0 Å². The van der Waals surface area contributed by atoms with Crippen LogP contribution in [0.4, 0.5) is 11.6 Å². The van der Waals surface area contributed by atoms with E-state index in [1.807, 2.05) is 0 Å². The molecule has 0 spiro atoms. The number of aliphatic imine (C=N–C) groups is 1. The van der Waals surface area contributed by atoms with Crippen molar-refractivity contribution in [3.8, 4) is 5.75 Å². The van der Waals surface area contributed by atoms with Crippen LogP contribution >= 0.6 is 0 Å². The SMILES string of the molecule is O=[N+]([O-])c1ccc(O)c(/C=N/c2nn[nH]n2)c1. The lowest BCUT2D eigenvalue weighted by molar-refractivity contribution is -0.384. The second-order valence-electron chi connectivity index (χ2n) is 2.97. The minimum Gasteiger partial charge on any atom is -0.507 e. The minimum absolute atomic E-state index is 0.0657. The largest absolute Gasteiger partial charge is 0.507 e. The Bertz CT molecular complexity index is 565. The van der Waals surface area contributed by atoms with Crippen molar-refractivity contribution in [1.82, 2.24) is 20.6 Å². The van der Waals surface area contributed by atoms with E-state index in [2.05, 4.69) is 25.6 Å². The van der Waals surface area contributed by atoms with Crippen LogP contribution in [0.5, 0.6) is 5.75 Å². The number of phenolic OH excluding ortho intramolecular Hbond substituents is 1. The fourth-order valence-electron chi connectivity index (χ4n) is 1.10. The standard InChI is InChI=1S/C8H6N6O3/c15-7-2-1-6(14(16)17)3-5(7)4-9-8-10-12-13-11-8/h1-4,15H,(H,10,11,12,13)/b9-4+. The first-order valence-electron chi connectivity index (χ1n) is 4.42. The number of H-pyrrole nitrogens is 1. The number of rotatable bonds is 3. The van der Waals surface area contributed by atoms with Gasteiger partial charge in [0.05, 0.1) is 4.92 Å². The molecule has 0 saturated carbocycles. The van der Waals surface area contributed by atoms with Gasteiger partial charge in [-0.1, -0.05) is 5.10 Å². The number of tetrazole rings is 1. The molecule has 2 rings (SSSR count).